The van der Waals surface area contributed by atoms with Crippen molar-refractivity contribution in [3.8, 4) is 28.6 Å². The molecule has 6 heteroatoms. The van der Waals surface area contributed by atoms with Gasteiger partial charge in [-0.2, -0.15) is 0 Å². The Balaban J connectivity index is 1.27. The quantitative estimate of drug-likeness (QED) is 0.189. The molecule has 0 unspecified atom stereocenters. The van der Waals surface area contributed by atoms with Crippen molar-refractivity contribution < 1.29 is 0 Å². The van der Waals surface area contributed by atoms with Crippen molar-refractivity contribution in [3.05, 3.63) is 164 Å². The molecule has 234 valence electrons. The second kappa shape index (κ2) is 10.5. The van der Waals surface area contributed by atoms with Crippen LogP contribution in [0.1, 0.15) is 0 Å². The van der Waals surface area contributed by atoms with Crippen LogP contribution in [0.3, 0.4) is 0 Å². The molecule has 50 heavy (non-hydrogen) atoms. The monoisotopic (exact) mass is 657 g/mol. The van der Waals surface area contributed by atoms with Gasteiger partial charge in [-0.05, 0) is 54.6 Å². The zero-order valence-corrected chi connectivity index (χ0v) is 27.5. The van der Waals surface area contributed by atoms with E-state index in [2.05, 4.69) is 178 Å². The molecule has 0 bridgehead atoms. The van der Waals surface area contributed by atoms with Crippen molar-refractivity contribution in [3.63, 3.8) is 0 Å². The van der Waals surface area contributed by atoms with Gasteiger partial charge in [0.2, 0.25) is 5.95 Å². The van der Waals surface area contributed by atoms with Crippen molar-refractivity contribution in [1.29, 1.82) is 0 Å². The molecule has 6 aromatic carbocycles. The molecule has 0 fully saturated rings. The maximum atomic E-state index is 5.60. The fourth-order valence-electron chi connectivity index (χ4n) is 7.76. The third-order valence-corrected chi connectivity index (χ3v) is 11.2. The maximum absolute atomic E-state index is 5.60. The largest absolute Gasteiger partial charge is 0.316 e. The van der Waals surface area contributed by atoms with Crippen LogP contribution in [-0.4, -0.2) is 23.7 Å². The van der Waals surface area contributed by atoms with Gasteiger partial charge in [-0.15, -0.1) is 11.3 Å². The lowest BCUT2D eigenvalue weighted by Crippen LogP contribution is -2.05. The van der Waals surface area contributed by atoms with Crippen molar-refractivity contribution in [1.82, 2.24) is 23.7 Å². The summed E-state index contributed by atoms with van der Waals surface area (Å²) in [6, 6.07) is 53.7. The molecule has 0 aliphatic carbocycles. The summed E-state index contributed by atoms with van der Waals surface area (Å²) in [6.45, 7) is 0. The predicted molar refractivity (Wildman–Crippen MR) is 208 cm³/mol. The number of para-hydroxylation sites is 3. The van der Waals surface area contributed by atoms with Gasteiger partial charge in [-0.3, -0.25) is 4.57 Å². The Morgan fingerprint density at radius 1 is 0.440 bits per heavy atom. The summed E-state index contributed by atoms with van der Waals surface area (Å²) in [5.74, 6) is 0.655. The lowest BCUT2D eigenvalue weighted by molar-refractivity contribution is 1.01. The van der Waals surface area contributed by atoms with Gasteiger partial charge in [-0.1, -0.05) is 97.1 Å². The van der Waals surface area contributed by atoms with E-state index in [0.29, 0.717) is 5.95 Å². The number of rotatable bonds is 4. The minimum absolute atomic E-state index is 0.655. The Bertz CT molecular complexity index is 3090. The molecule has 0 N–H and O–H groups in total. The number of hydrogen-bond donors (Lipinski definition) is 0. The number of benzene rings is 6. The van der Waals surface area contributed by atoms with E-state index in [4.69, 9.17) is 9.97 Å². The highest BCUT2D eigenvalue weighted by Crippen LogP contribution is 2.43. The first-order chi connectivity index (χ1) is 24.8. The molecule has 0 saturated carbocycles. The summed E-state index contributed by atoms with van der Waals surface area (Å²) in [7, 11) is 0. The Morgan fingerprint density at radius 2 is 1.14 bits per heavy atom. The smallest absolute Gasteiger partial charge is 0.235 e. The molecule has 0 amide bonds. The van der Waals surface area contributed by atoms with Crippen molar-refractivity contribution >= 4 is 75.3 Å². The summed E-state index contributed by atoms with van der Waals surface area (Å²) < 4.78 is 9.26. The first-order valence-corrected chi connectivity index (χ1v) is 17.6. The van der Waals surface area contributed by atoms with Crippen molar-refractivity contribution in [2.75, 3.05) is 0 Å². The van der Waals surface area contributed by atoms with Crippen LogP contribution in [0.5, 0.6) is 0 Å². The molecular weight excluding hydrogens is 631 g/mol. The molecule has 0 saturated heterocycles. The van der Waals surface area contributed by atoms with E-state index in [-0.39, 0.29) is 0 Å². The van der Waals surface area contributed by atoms with Crippen LogP contribution in [-0.2, 0) is 0 Å². The van der Waals surface area contributed by atoms with E-state index >= 15 is 0 Å². The number of hydrogen-bond acceptors (Lipinski definition) is 3. The van der Waals surface area contributed by atoms with Crippen LogP contribution in [0.2, 0.25) is 0 Å². The number of nitrogens with zero attached hydrogens (tertiary/aromatic N) is 5. The molecule has 5 nitrogen and oxygen atoms in total. The fourth-order valence-corrected chi connectivity index (χ4v) is 8.97. The maximum Gasteiger partial charge on any atom is 0.235 e. The minimum Gasteiger partial charge on any atom is -0.316 e. The third kappa shape index (κ3) is 3.88. The van der Waals surface area contributed by atoms with E-state index in [9.17, 15) is 0 Å². The molecule has 0 aliphatic heterocycles. The Labute approximate surface area is 290 Å². The average Bonchev–Trinajstić information content (AvgIpc) is 3.96. The molecule has 11 rings (SSSR count). The first kappa shape index (κ1) is 27.5. The summed E-state index contributed by atoms with van der Waals surface area (Å²) in [5.41, 5.74) is 9.43. The van der Waals surface area contributed by atoms with Gasteiger partial charge in [-0.25, -0.2) is 9.97 Å². The van der Waals surface area contributed by atoms with E-state index in [1.807, 2.05) is 11.3 Å². The molecule has 5 heterocycles. The molecule has 11 aromatic rings. The number of thiophene rings is 1. The third-order valence-electron chi connectivity index (χ3n) is 9.95. The van der Waals surface area contributed by atoms with Gasteiger partial charge in [0.15, 0.2) is 0 Å². The van der Waals surface area contributed by atoms with Crippen LogP contribution >= 0.6 is 11.3 Å². The summed E-state index contributed by atoms with van der Waals surface area (Å²) >= 11 is 1.83. The number of fused-ring (bicyclic) bond motifs is 9. The topological polar surface area (TPSA) is 40.6 Å². The van der Waals surface area contributed by atoms with Crippen LogP contribution < -0.4 is 0 Å². The summed E-state index contributed by atoms with van der Waals surface area (Å²) in [4.78, 5) is 11.0. The molecular formula is C44H27N5S. The molecule has 0 atom stereocenters. The molecule has 0 aliphatic rings. The highest BCUT2D eigenvalue weighted by atomic mass is 32.1. The average molecular weight is 658 g/mol. The number of aromatic nitrogens is 5. The highest BCUT2D eigenvalue weighted by molar-refractivity contribution is 7.26. The van der Waals surface area contributed by atoms with E-state index in [0.717, 1.165) is 55.6 Å². The van der Waals surface area contributed by atoms with Gasteiger partial charge in [0.1, 0.15) is 5.69 Å². The lowest BCUT2D eigenvalue weighted by atomic mass is 10.1. The Morgan fingerprint density at radius 3 is 1.98 bits per heavy atom. The Kier molecular flexibility index (Phi) is 5.76. The van der Waals surface area contributed by atoms with Crippen molar-refractivity contribution in [2.45, 2.75) is 0 Å². The second-order valence-corrected chi connectivity index (χ2v) is 13.7. The van der Waals surface area contributed by atoms with Gasteiger partial charge >= 0.3 is 0 Å². The van der Waals surface area contributed by atoms with E-state index in [1.54, 1.807) is 0 Å². The zero-order valence-electron chi connectivity index (χ0n) is 26.7. The van der Waals surface area contributed by atoms with Crippen molar-refractivity contribution in [2.24, 2.45) is 0 Å². The summed E-state index contributed by atoms with van der Waals surface area (Å²) in [5, 5.41) is 6.02. The van der Waals surface area contributed by atoms with Crippen LogP contribution in [0.15, 0.2) is 164 Å². The standard InChI is InChI=1S/C44H27N5S/c1-3-12-28(13-4-1)47-26-24-34-37(47)23-22-32-30-16-7-9-20-38(30)49(41(32)34)44-45-36-25-27-48(29-14-5-2-6-15-29)42(36)40(46-44)35-19-11-18-33-31-17-8-10-21-39(31)50-43(33)35/h1-27H. The minimum atomic E-state index is 0.655. The highest BCUT2D eigenvalue weighted by Gasteiger charge is 2.23. The van der Waals surface area contributed by atoms with Crippen LogP contribution in [0.25, 0.3) is 92.5 Å². The molecule has 0 spiro atoms. The normalized spacial score (nSPS) is 12.0. The first-order valence-electron chi connectivity index (χ1n) is 16.8. The fraction of sp³-hybridized carbons (Fsp3) is 0. The van der Waals surface area contributed by atoms with E-state index in [1.165, 1.54) is 30.9 Å². The van der Waals surface area contributed by atoms with Crippen LogP contribution in [0.4, 0.5) is 0 Å². The SMILES string of the molecule is c1ccc(-n2ccc3c2ccc2c4ccccc4n(-c4nc(-c5cccc6c5sc5ccccc56)c5c(ccn5-c5ccccc5)n4)c23)cc1. The van der Waals surface area contributed by atoms with Gasteiger partial charge in [0.05, 0.1) is 27.6 Å². The van der Waals surface area contributed by atoms with E-state index < -0.39 is 0 Å². The molecule has 5 aromatic heterocycles. The van der Waals surface area contributed by atoms with Gasteiger partial charge < -0.3 is 9.13 Å². The van der Waals surface area contributed by atoms with Crippen LogP contribution in [0, 0.1) is 0 Å². The zero-order chi connectivity index (χ0) is 32.8. The van der Waals surface area contributed by atoms with Gasteiger partial charge in [0, 0.05) is 65.7 Å². The lowest BCUT2D eigenvalue weighted by Gasteiger charge is -2.14. The van der Waals surface area contributed by atoms with Gasteiger partial charge in [0.25, 0.3) is 0 Å². The second-order valence-electron chi connectivity index (χ2n) is 12.7. The molecule has 0 radical (unpaired) electrons. The summed E-state index contributed by atoms with van der Waals surface area (Å²) in [6.07, 6.45) is 4.29. The Hall–Kier alpha value is -6.50. The predicted octanol–water partition coefficient (Wildman–Crippen LogP) is 11.5.